The van der Waals surface area contributed by atoms with Crippen molar-refractivity contribution >= 4 is 23.3 Å². The van der Waals surface area contributed by atoms with Crippen LogP contribution in [0.25, 0.3) is 0 Å². The van der Waals surface area contributed by atoms with Crippen molar-refractivity contribution in [3.8, 4) is 11.5 Å². The van der Waals surface area contributed by atoms with Gasteiger partial charge >= 0.3 is 11.9 Å². The number of carbonyl (C=O) groups excluding carboxylic acids is 2. The van der Waals surface area contributed by atoms with E-state index in [-0.39, 0.29) is 0 Å². The third-order valence-electron chi connectivity index (χ3n) is 5.53. The minimum absolute atomic E-state index is 0.298. The number of nitrogens with zero attached hydrogens (tertiary/aromatic N) is 2. The molecule has 2 aromatic carbocycles. The second-order valence-electron chi connectivity index (χ2n) is 7.29. The highest BCUT2D eigenvalue weighted by Gasteiger charge is 2.36. The van der Waals surface area contributed by atoms with Gasteiger partial charge in [-0.3, -0.25) is 0 Å². The Morgan fingerprint density at radius 2 is 1.19 bits per heavy atom. The Hall–Kier alpha value is -3.42. The van der Waals surface area contributed by atoms with Crippen LogP contribution in [0.5, 0.6) is 11.5 Å². The molecular weight excluding hydrogens is 400 g/mol. The molecule has 31 heavy (non-hydrogen) atoms. The molecule has 8 nitrogen and oxygen atoms in total. The lowest BCUT2D eigenvalue weighted by Crippen LogP contribution is -2.46. The summed E-state index contributed by atoms with van der Waals surface area (Å²) in [6, 6.07) is 7.34. The van der Waals surface area contributed by atoms with Crippen LogP contribution in [-0.4, -0.2) is 46.0 Å². The molecule has 2 aliphatic heterocycles. The quantitative estimate of drug-likeness (QED) is 0.651. The molecule has 0 atom stereocenters. The Kier molecular flexibility index (Phi) is 5.63. The lowest BCUT2D eigenvalue weighted by molar-refractivity contribution is 0.0513. The number of benzene rings is 2. The summed E-state index contributed by atoms with van der Waals surface area (Å²) in [4.78, 5) is 29.2. The molecule has 0 amide bonds. The summed E-state index contributed by atoms with van der Waals surface area (Å²) >= 11 is 0. The molecule has 2 aliphatic rings. The predicted molar refractivity (Wildman–Crippen MR) is 115 cm³/mol. The van der Waals surface area contributed by atoms with Gasteiger partial charge in [0.15, 0.2) is 11.5 Å². The normalized spacial score (nSPS) is 13.8. The zero-order valence-corrected chi connectivity index (χ0v) is 18.2. The summed E-state index contributed by atoms with van der Waals surface area (Å²) in [5.74, 6) is 0.244. The van der Waals surface area contributed by atoms with Crippen LogP contribution in [0.1, 0.15) is 45.7 Å². The maximum atomic E-state index is 12.4. The second kappa shape index (κ2) is 8.37. The Morgan fingerprint density at radius 1 is 0.774 bits per heavy atom. The number of anilines is 2. The smallest absolute Gasteiger partial charge is 0.341 e. The molecule has 0 N–H and O–H groups in total. The fourth-order valence-corrected chi connectivity index (χ4v) is 4.34. The number of hydrogen-bond donors (Lipinski definition) is 0. The van der Waals surface area contributed by atoms with E-state index in [0.717, 1.165) is 22.5 Å². The maximum Gasteiger partial charge on any atom is 0.341 e. The van der Waals surface area contributed by atoms with Crippen LogP contribution in [0.2, 0.25) is 0 Å². The molecule has 0 spiro atoms. The van der Waals surface area contributed by atoms with Crippen LogP contribution in [0.4, 0.5) is 11.4 Å². The monoisotopic (exact) mass is 426 g/mol. The summed E-state index contributed by atoms with van der Waals surface area (Å²) in [5, 5.41) is 0. The number of methoxy groups -OCH3 is 2. The number of hydrogen-bond acceptors (Lipinski definition) is 8. The van der Waals surface area contributed by atoms with Crippen molar-refractivity contribution in [2.45, 2.75) is 26.9 Å². The first-order chi connectivity index (χ1) is 15.0. The number of carbonyl (C=O) groups is 2. The van der Waals surface area contributed by atoms with Gasteiger partial charge in [0.1, 0.15) is 11.1 Å². The van der Waals surface area contributed by atoms with Gasteiger partial charge in [-0.2, -0.15) is 0 Å². The molecule has 0 saturated heterocycles. The first-order valence-electron chi connectivity index (χ1n) is 10.3. The van der Waals surface area contributed by atoms with Gasteiger partial charge in [0.05, 0.1) is 45.5 Å². The first-order valence-corrected chi connectivity index (χ1v) is 10.3. The molecule has 2 bridgehead atoms. The zero-order valence-electron chi connectivity index (χ0n) is 18.2. The number of rotatable bonds is 6. The van der Waals surface area contributed by atoms with E-state index in [0.29, 0.717) is 55.6 Å². The maximum absolute atomic E-state index is 12.4. The van der Waals surface area contributed by atoms with Gasteiger partial charge in [0.2, 0.25) is 0 Å². The number of fused-ring (bicyclic) bond motifs is 6. The van der Waals surface area contributed by atoms with E-state index in [4.69, 9.17) is 18.9 Å². The Labute approximate surface area is 181 Å². The molecule has 0 aliphatic carbocycles. The molecule has 8 heteroatoms. The minimum atomic E-state index is -0.400. The largest absolute Gasteiger partial charge is 0.494 e. The van der Waals surface area contributed by atoms with Crippen LogP contribution in [-0.2, 0) is 22.6 Å². The van der Waals surface area contributed by atoms with E-state index in [2.05, 4.69) is 9.80 Å². The van der Waals surface area contributed by atoms with Crippen LogP contribution >= 0.6 is 0 Å². The van der Waals surface area contributed by atoms with E-state index < -0.39 is 11.9 Å². The lowest BCUT2D eigenvalue weighted by Gasteiger charge is -2.45. The molecule has 0 saturated carbocycles. The highest BCUT2D eigenvalue weighted by Crippen LogP contribution is 2.47. The highest BCUT2D eigenvalue weighted by atomic mass is 16.5. The Balaban J connectivity index is 1.78. The van der Waals surface area contributed by atoms with Gasteiger partial charge < -0.3 is 28.7 Å². The van der Waals surface area contributed by atoms with Gasteiger partial charge in [-0.25, -0.2) is 9.59 Å². The van der Waals surface area contributed by atoms with Crippen LogP contribution in [0, 0.1) is 0 Å². The van der Waals surface area contributed by atoms with Gasteiger partial charge in [-0.15, -0.1) is 0 Å². The Morgan fingerprint density at radius 3 is 1.55 bits per heavy atom. The molecule has 2 aromatic rings. The third kappa shape index (κ3) is 3.41. The van der Waals surface area contributed by atoms with E-state index in [9.17, 15) is 9.59 Å². The minimum Gasteiger partial charge on any atom is -0.494 e. The number of ether oxygens (including phenoxy) is 4. The number of esters is 2. The van der Waals surface area contributed by atoms with Gasteiger partial charge in [0.25, 0.3) is 0 Å². The van der Waals surface area contributed by atoms with E-state index >= 15 is 0 Å². The van der Waals surface area contributed by atoms with Crippen molar-refractivity contribution in [1.82, 2.24) is 0 Å². The SMILES string of the molecule is CCOC(=O)c1ccc2c(c1OC)N1Cc3ccc(C(=O)OCC)c(OC)c3N(C2)C1. The van der Waals surface area contributed by atoms with E-state index in [1.54, 1.807) is 40.2 Å². The van der Waals surface area contributed by atoms with Crippen molar-refractivity contribution < 1.29 is 28.5 Å². The topological polar surface area (TPSA) is 77.5 Å². The van der Waals surface area contributed by atoms with Crippen molar-refractivity contribution in [1.29, 1.82) is 0 Å². The lowest BCUT2D eigenvalue weighted by atomic mass is 9.97. The summed E-state index contributed by atoms with van der Waals surface area (Å²) in [6.45, 7) is 5.90. The summed E-state index contributed by atoms with van der Waals surface area (Å²) in [7, 11) is 3.13. The first kappa shape index (κ1) is 20.8. The molecule has 164 valence electrons. The van der Waals surface area contributed by atoms with Gasteiger partial charge in [-0.05, 0) is 37.1 Å². The van der Waals surface area contributed by atoms with Crippen molar-refractivity contribution in [2.75, 3.05) is 43.9 Å². The molecule has 0 unspecified atom stereocenters. The van der Waals surface area contributed by atoms with Crippen molar-refractivity contribution in [2.24, 2.45) is 0 Å². The molecule has 0 fully saturated rings. The van der Waals surface area contributed by atoms with E-state index in [1.807, 2.05) is 12.1 Å². The second-order valence-corrected chi connectivity index (χ2v) is 7.29. The van der Waals surface area contributed by atoms with Gasteiger partial charge in [-0.1, -0.05) is 12.1 Å². The van der Waals surface area contributed by atoms with Crippen LogP contribution in [0.15, 0.2) is 24.3 Å². The molecular formula is C23H26N2O6. The van der Waals surface area contributed by atoms with Crippen LogP contribution < -0.4 is 19.3 Å². The van der Waals surface area contributed by atoms with Gasteiger partial charge in [0, 0.05) is 13.1 Å². The Bertz CT molecular complexity index is 954. The summed E-state index contributed by atoms with van der Waals surface area (Å²) in [5.41, 5.74) is 4.65. The van der Waals surface area contributed by atoms with Crippen molar-refractivity contribution in [3.05, 3.63) is 46.5 Å². The molecule has 0 aromatic heterocycles. The van der Waals surface area contributed by atoms with Crippen molar-refractivity contribution in [3.63, 3.8) is 0 Å². The van der Waals surface area contributed by atoms with Crippen LogP contribution in [0.3, 0.4) is 0 Å². The highest BCUT2D eigenvalue weighted by molar-refractivity contribution is 5.97. The zero-order chi connectivity index (χ0) is 22.1. The average Bonchev–Trinajstić information content (AvgIpc) is 2.77. The molecule has 0 radical (unpaired) electrons. The standard InChI is InChI=1S/C23H26N2O6/c1-5-30-22(26)16-9-7-14-11-25-13-24(18(14)20(16)28-3)12-15-8-10-17(23(27)31-6-2)21(29-4)19(15)25/h7-10H,5-6,11-13H2,1-4H3. The van der Waals surface area contributed by atoms with E-state index in [1.165, 1.54) is 0 Å². The average molecular weight is 426 g/mol. The summed E-state index contributed by atoms with van der Waals surface area (Å²) < 4.78 is 21.7. The molecule has 2 heterocycles. The summed E-state index contributed by atoms with van der Waals surface area (Å²) in [6.07, 6.45) is 0. The predicted octanol–water partition coefficient (Wildman–Crippen LogP) is 3.35. The molecule has 4 rings (SSSR count). The third-order valence-corrected chi connectivity index (χ3v) is 5.53. The fourth-order valence-electron chi connectivity index (χ4n) is 4.34. The fraction of sp³-hybridized carbons (Fsp3) is 0.391.